The van der Waals surface area contributed by atoms with E-state index in [0.29, 0.717) is 6.42 Å². The molecule has 0 aromatic carbocycles. The minimum Gasteiger partial charge on any atom is -0.463 e. The van der Waals surface area contributed by atoms with Gasteiger partial charge < -0.3 is 23.7 Å². The molecule has 12 heteroatoms. The van der Waals surface area contributed by atoms with Gasteiger partial charge in [0.15, 0.2) is 18.4 Å². The summed E-state index contributed by atoms with van der Waals surface area (Å²) < 4.78 is 48.4. The molecular weight excluding hydrogens is 390 g/mol. The van der Waals surface area contributed by atoms with E-state index in [4.69, 9.17) is 27.8 Å². The van der Waals surface area contributed by atoms with Gasteiger partial charge in [-0.05, 0) is 6.42 Å². The number of hydrogen-bond acceptors (Lipinski definition) is 11. The van der Waals surface area contributed by atoms with Crippen molar-refractivity contribution in [2.24, 2.45) is 0 Å². The van der Waals surface area contributed by atoms with Crippen molar-refractivity contribution in [2.45, 2.75) is 58.6 Å². The molecule has 1 saturated heterocycles. The minimum atomic E-state index is -1.36. The van der Waals surface area contributed by atoms with Gasteiger partial charge in [0.2, 0.25) is 0 Å². The topological polar surface area (TPSA) is 145 Å². The summed E-state index contributed by atoms with van der Waals surface area (Å²) in [5.74, 6) is -3.89. The molecule has 0 radical (unpaired) electrons. The van der Waals surface area contributed by atoms with Crippen LogP contribution in [-0.4, -0.2) is 70.2 Å². The lowest BCUT2D eigenvalue weighted by Gasteiger charge is -2.23. The van der Waals surface area contributed by atoms with Crippen molar-refractivity contribution in [3.8, 4) is 0 Å². The second kappa shape index (κ2) is 9.96. The quantitative estimate of drug-likeness (QED) is 0.422. The zero-order valence-electron chi connectivity index (χ0n) is 18.6. The second-order valence-electron chi connectivity index (χ2n) is 5.84. The van der Waals surface area contributed by atoms with E-state index in [-0.39, 0.29) is 12.4 Å². The maximum atomic E-state index is 12.0. The Morgan fingerprint density at radius 2 is 1.79 bits per heavy atom. The van der Waals surface area contributed by atoms with Crippen LogP contribution in [0.3, 0.4) is 0 Å². The summed E-state index contributed by atoms with van der Waals surface area (Å²) in [7, 11) is 0. The highest BCUT2D eigenvalue weighted by molar-refractivity contribution is 5.84. The average Bonchev–Trinajstić information content (AvgIpc) is 3.41. The average molecular weight is 416 g/mol. The van der Waals surface area contributed by atoms with Crippen LogP contribution in [0.1, 0.15) is 55.0 Å². The summed E-state index contributed by atoms with van der Waals surface area (Å²) in [6, 6.07) is 0. The van der Waals surface area contributed by atoms with E-state index in [1.807, 2.05) is 6.92 Å². The Morgan fingerprint density at radius 3 is 2.45 bits per heavy atom. The van der Waals surface area contributed by atoms with Crippen LogP contribution in [-0.2, 0) is 38.1 Å². The van der Waals surface area contributed by atoms with Gasteiger partial charge in [-0.2, -0.15) is 0 Å². The van der Waals surface area contributed by atoms with Crippen LogP contribution >= 0.6 is 0 Å². The molecule has 4 atom stereocenters. The molecule has 2 rings (SSSR count). The Bertz CT molecular complexity index is 822. The summed E-state index contributed by atoms with van der Waals surface area (Å²) >= 11 is 0. The molecule has 0 N–H and O–H groups in total. The maximum Gasteiger partial charge on any atom is 0.378 e. The van der Waals surface area contributed by atoms with E-state index < -0.39 is 75.7 Å². The van der Waals surface area contributed by atoms with E-state index >= 15 is 0 Å². The third kappa shape index (κ3) is 5.98. The van der Waals surface area contributed by atoms with Crippen LogP contribution in [0.15, 0.2) is 6.33 Å². The molecule has 1 unspecified atom stereocenters. The SMILES string of the molecule is [2H]CC(=O)OC[C@H]1OC(n2cnc(C(=O)OCCC)n2)[C@H](OC(=O)C[2H])[C@@H]1OC(=O)C[2H]. The molecule has 0 aliphatic carbocycles. The third-order valence-corrected chi connectivity index (χ3v) is 3.62. The van der Waals surface area contributed by atoms with Gasteiger partial charge in [-0.1, -0.05) is 6.92 Å². The van der Waals surface area contributed by atoms with Crippen molar-refractivity contribution in [3.05, 3.63) is 12.2 Å². The second-order valence-corrected chi connectivity index (χ2v) is 5.84. The number of ether oxygens (including phenoxy) is 5. The molecule has 1 aromatic heterocycles. The highest BCUT2D eigenvalue weighted by Crippen LogP contribution is 2.34. The summed E-state index contributed by atoms with van der Waals surface area (Å²) in [4.78, 5) is 50.8. The standard InChI is InChI=1S/C17H23N3O9/c1-5-6-25-17(24)15-18-8-20(19-15)16-14(28-11(4)23)13(27-10(3)22)12(29-16)7-26-9(2)21/h8,12-14,16H,5-7H2,1-4H3/t12-,13-,14-,16?/m1/s1/i2D,3D,4D. The molecular formula is C17H23N3O9. The van der Waals surface area contributed by atoms with Gasteiger partial charge >= 0.3 is 23.9 Å². The van der Waals surface area contributed by atoms with E-state index in [2.05, 4.69) is 10.1 Å². The van der Waals surface area contributed by atoms with Crippen molar-refractivity contribution in [2.75, 3.05) is 13.2 Å². The molecule has 0 bridgehead atoms. The fraction of sp³-hybridized carbons (Fsp3) is 0.647. The number of hydrogen-bond donors (Lipinski definition) is 0. The predicted molar refractivity (Wildman–Crippen MR) is 92.2 cm³/mol. The lowest BCUT2D eigenvalue weighted by atomic mass is 10.1. The first-order valence-corrected chi connectivity index (χ1v) is 8.50. The molecule has 29 heavy (non-hydrogen) atoms. The molecule has 1 aromatic rings. The largest absolute Gasteiger partial charge is 0.463 e. The van der Waals surface area contributed by atoms with Crippen molar-refractivity contribution >= 4 is 23.9 Å². The van der Waals surface area contributed by atoms with Gasteiger partial charge in [0.05, 0.1) is 6.61 Å². The Labute approximate surface area is 170 Å². The molecule has 160 valence electrons. The number of rotatable bonds is 8. The van der Waals surface area contributed by atoms with Crippen LogP contribution in [0.4, 0.5) is 0 Å². The van der Waals surface area contributed by atoms with Crippen molar-refractivity contribution in [1.82, 2.24) is 14.8 Å². The zero-order chi connectivity index (χ0) is 23.7. The Morgan fingerprint density at radius 1 is 1.10 bits per heavy atom. The summed E-state index contributed by atoms with van der Waals surface area (Å²) in [6.45, 7) is -0.631. The van der Waals surface area contributed by atoms with Gasteiger partial charge in [0, 0.05) is 24.8 Å². The summed E-state index contributed by atoms with van der Waals surface area (Å²) in [5.41, 5.74) is 0. The number of esters is 4. The van der Waals surface area contributed by atoms with Crippen LogP contribution in [0.2, 0.25) is 0 Å². The molecule has 1 aliphatic heterocycles. The normalized spacial score (nSPS) is 24.7. The molecule has 2 heterocycles. The Hall–Kier alpha value is -3.02. The van der Waals surface area contributed by atoms with Gasteiger partial charge in [0.25, 0.3) is 5.82 Å². The predicted octanol–water partition coefficient (Wildman–Crippen LogP) is 0.169. The minimum absolute atomic E-state index is 0.158. The highest BCUT2D eigenvalue weighted by Gasteiger charge is 2.51. The molecule has 1 fully saturated rings. The molecule has 0 saturated carbocycles. The van der Waals surface area contributed by atoms with Gasteiger partial charge in [-0.15, -0.1) is 5.10 Å². The molecule has 0 spiro atoms. The van der Waals surface area contributed by atoms with Crippen LogP contribution in [0, 0.1) is 0 Å². The lowest BCUT2D eigenvalue weighted by Crippen LogP contribution is -2.40. The number of carbonyl (C=O) groups is 4. The van der Waals surface area contributed by atoms with E-state index in [1.165, 1.54) is 0 Å². The number of aromatic nitrogens is 3. The lowest BCUT2D eigenvalue weighted by molar-refractivity contribution is -0.166. The van der Waals surface area contributed by atoms with Crippen molar-refractivity contribution < 1.29 is 47.0 Å². The van der Waals surface area contributed by atoms with E-state index in [1.54, 1.807) is 0 Å². The van der Waals surface area contributed by atoms with Crippen LogP contribution in [0.5, 0.6) is 0 Å². The fourth-order valence-corrected chi connectivity index (χ4v) is 2.55. The summed E-state index contributed by atoms with van der Waals surface area (Å²) in [5, 5.41) is 3.96. The van der Waals surface area contributed by atoms with E-state index in [9.17, 15) is 19.2 Å². The maximum absolute atomic E-state index is 12.0. The fourth-order valence-electron chi connectivity index (χ4n) is 2.55. The first-order valence-electron chi connectivity index (χ1n) is 10.6. The van der Waals surface area contributed by atoms with Gasteiger partial charge in [-0.25, -0.2) is 14.5 Å². The van der Waals surface area contributed by atoms with E-state index in [0.717, 1.165) is 11.0 Å². The smallest absolute Gasteiger partial charge is 0.378 e. The monoisotopic (exact) mass is 416 g/mol. The first-order chi connectivity index (χ1) is 15.3. The van der Waals surface area contributed by atoms with Gasteiger partial charge in [0.1, 0.15) is 19.0 Å². The molecule has 0 amide bonds. The van der Waals surface area contributed by atoms with Crippen molar-refractivity contribution in [3.63, 3.8) is 0 Å². The molecule has 12 nitrogen and oxygen atoms in total. The Balaban J connectivity index is 2.32. The third-order valence-electron chi connectivity index (χ3n) is 3.62. The van der Waals surface area contributed by atoms with Gasteiger partial charge in [-0.3, -0.25) is 14.4 Å². The highest BCUT2D eigenvalue weighted by atomic mass is 16.7. The summed E-state index contributed by atoms with van der Waals surface area (Å²) in [6.07, 6.45) is -3.42. The van der Waals surface area contributed by atoms with Crippen molar-refractivity contribution in [1.29, 1.82) is 0 Å². The zero-order valence-corrected chi connectivity index (χ0v) is 15.6. The van der Waals surface area contributed by atoms with Crippen LogP contribution in [0.25, 0.3) is 0 Å². The number of nitrogens with zero attached hydrogens (tertiary/aromatic N) is 3. The first kappa shape index (κ1) is 18.0. The Kier molecular flexibility index (Phi) is 6.19. The number of carbonyl (C=O) groups excluding carboxylic acids is 4. The molecule has 1 aliphatic rings. The van der Waals surface area contributed by atoms with Crippen LogP contribution < -0.4 is 0 Å².